The molecule has 0 radical (unpaired) electrons. The first-order chi connectivity index (χ1) is 13.3. The van der Waals surface area contributed by atoms with Crippen molar-refractivity contribution in [1.29, 1.82) is 0 Å². The van der Waals surface area contributed by atoms with Crippen LogP contribution in [0.4, 0.5) is 0 Å². The molecule has 2 aromatic carbocycles. The average molecular weight is 451 g/mol. The third-order valence-electron chi connectivity index (χ3n) is 5.46. The molecule has 28 heavy (non-hydrogen) atoms. The van der Waals surface area contributed by atoms with E-state index in [0.29, 0.717) is 6.42 Å². The third kappa shape index (κ3) is 4.32. The van der Waals surface area contributed by atoms with Crippen molar-refractivity contribution in [3.05, 3.63) is 68.7 Å². The normalized spacial score (nSPS) is 27.8. The van der Waals surface area contributed by atoms with E-state index < -0.39 is 37.1 Å². The molecule has 1 fully saturated rings. The van der Waals surface area contributed by atoms with E-state index in [9.17, 15) is 20.4 Å². The monoisotopic (exact) mass is 450 g/mol. The molecule has 3 unspecified atom stereocenters. The fraction of sp³-hybridized carbons (Fsp3) is 0.455. The molecule has 5 atom stereocenters. The van der Waals surface area contributed by atoms with E-state index in [4.69, 9.17) is 4.74 Å². The van der Waals surface area contributed by atoms with Crippen LogP contribution in [0.3, 0.4) is 0 Å². The van der Waals surface area contributed by atoms with Crippen molar-refractivity contribution >= 4 is 15.9 Å². The predicted octanol–water partition coefficient (Wildman–Crippen LogP) is 2.43. The summed E-state index contributed by atoms with van der Waals surface area (Å²) in [5, 5.41) is 40.1. The lowest BCUT2D eigenvalue weighted by Gasteiger charge is -2.40. The second-order valence-electron chi connectivity index (χ2n) is 7.40. The van der Waals surface area contributed by atoms with Crippen molar-refractivity contribution < 1.29 is 25.2 Å². The molecule has 0 saturated carbocycles. The van der Waals surface area contributed by atoms with E-state index in [1.54, 1.807) is 0 Å². The number of aliphatic hydroxyl groups is 4. The lowest BCUT2D eigenvalue weighted by Crippen LogP contribution is -2.55. The van der Waals surface area contributed by atoms with Gasteiger partial charge in [0.1, 0.15) is 30.5 Å². The summed E-state index contributed by atoms with van der Waals surface area (Å²) in [5.74, 6) is 0. The van der Waals surface area contributed by atoms with E-state index in [1.807, 2.05) is 19.1 Å². The van der Waals surface area contributed by atoms with Crippen LogP contribution < -0.4 is 0 Å². The van der Waals surface area contributed by atoms with Crippen LogP contribution in [0.5, 0.6) is 0 Å². The highest BCUT2D eigenvalue weighted by Crippen LogP contribution is 2.36. The minimum absolute atomic E-state index is 0.437. The van der Waals surface area contributed by atoms with E-state index >= 15 is 0 Å². The highest BCUT2D eigenvalue weighted by atomic mass is 79.9. The molecular formula is C22H27BrO5. The summed E-state index contributed by atoms with van der Waals surface area (Å²) in [6, 6.07) is 12.4. The zero-order valence-corrected chi connectivity index (χ0v) is 17.6. The Morgan fingerprint density at radius 1 is 0.964 bits per heavy atom. The van der Waals surface area contributed by atoms with Crippen LogP contribution in [0.15, 0.2) is 40.9 Å². The SMILES string of the molecule is CCc1ccc(Cc2cc(C3OC(CO)[C@@H](O)C(O)[C@H]3O)c(C)cc2Br)cc1. The molecule has 1 aliphatic rings. The van der Waals surface area contributed by atoms with Crippen LogP contribution in [0.1, 0.15) is 40.8 Å². The van der Waals surface area contributed by atoms with Crippen molar-refractivity contribution in [2.45, 2.75) is 57.2 Å². The van der Waals surface area contributed by atoms with Gasteiger partial charge in [0.05, 0.1) is 6.61 Å². The van der Waals surface area contributed by atoms with Crippen molar-refractivity contribution in [3.8, 4) is 0 Å². The van der Waals surface area contributed by atoms with Gasteiger partial charge in [0, 0.05) is 4.47 Å². The van der Waals surface area contributed by atoms with E-state index in [-0.39, 0.29) is 0 Å². The minimum Gasteiger partial charge on any atom is -0.394 e. The number of aliphatic hydroxyl groups excluding tert-OH is 4. The molecule has 152 valence electrons. The molecule has 0 spiro atoms. The standard InChI is InChI=1S/C22H27BrO5/c1-3-13-4-6-14(7-5-13)9-15-10-16(12(2)8-17(15)23)22-21(27)20(26)19(25)18(11-24)28-22/h4-8,10,18-22,24-27H,3,9,11H2,1-2H3/t18?,19-,20?,21-,22?/m1/s1. The van der Waals surface area contributed by atoms with Gasteiger partial charge >= 0.3 is 0 Å². The molecule has 0 amide bonds. The van der Waals surface area contributed by atoms with E-state index in [1.165, 1.54) is 11.1 Å². The Balaban J connectivity index is 1.92. The molecule has 2 aromatic rings. The largest absolute Gasteiger partial charge is 0.394 e. The third-order valence-corrected chi connectivity index (χ3v) is 6.20. The average Bonchev–Trinajstić information content (AvgIpc) is 2.69. The molecule has 0 bridgehead atoms. The van der Waals surface area contributed by atoms with Crippen molar-refractivity contribution in [3.63, 3.8) is 0 Å². The first-order valence-corrected chi connectivity index (χ1v) is 10.3. The lowest BCUT2D eigenvalue weighted by molar-refractivity contribution is -0.231. The maximum Gasteiger partial charge on any atom is 0.113 e. The van der Waals surface area contributed by atoms with Gasteiger partial charge in [-0.15, -0.1) is 0 Å². The fourth-order valence-corrected chi connectivity index (χ4v) is 4.25. The van der Waals surface area contributed by atoms with Gasteiger partial charge in [0.15, 0.2) is 0 Å². The number of benzene rings is 2. The first kappa shape index (κ1) is 21.4. The molecule has 6 heteroatoms. The lowest BCUT2D eigenvalue weighted by atomic mass is 9.88. The van der Waals surface area contributed by atoms with Gasteiger partial charge in [0.25, 0.3) is 0 Å². The number of hydrogen-bond donors (Lipinski definition) is 4. The van der Waals surface area contributed by atoms with Gasteiger partial charge in [-0.1, -0.05) is 53.2 Å². The Morgan fingerprint density at radius 2 is 1.61 bits per heavy atom. The molecule has 1 aliphatic heterocycles. The Bertz CT molecular complexity index is 805. The van der Waals surface area contributed by atoms with E-state index in [0.717, 1.165) is 27.6 Å². The summed E-state index contributed by atoms with van der Waals surface area (Å²) in [7, 11) is 0. The highest BCUT2D eigenvalue weighted by molar-refractivity contribution is 9.10. The molecular weight excluding hydrogens is 424 g/mol. The van der Waals surface area contributed by atoms with Gasteiger partial charge in [-0.3, -0.25) is 0 Å². The van der Waals surface area contributed by atoms with Gasteiger partial charge < -0.3 is 25.2 Å². The van der Waals surface area contributed by atoms with Crippen LogP contribution in [-0.4, -0.2) is 51.4 Å². The molecule has 1 saturated heterocycles. The summed E-state index contributed by atoms with van der Waals surface area (Å²) in [4.78, 5) is 0. The highest BCUT2D eigenvalue weighted by Gasteiger charge is 2.44. The zero-order chi connectivity index (χ0) is 20.4. The maximum absolute atomic E-state index is 10.5. The van der Waals surface area contributed by atoms with Crippen LogP contribution in [-0.2, 0) is 17.6 Å². The number of hydrogen-bond acceptors (Lipinski definition) is 5. The Labute approximate surface area is 173 Å². The molecule has 4 N–H and O–H groups in total. The quantitative estimate of drug-likeness (QED) is 0.561. The predicted molar refractivity (Wildman–Crippen MR) is 110 cm³/mol. The summed E-state index contributed by atoms with van der Waals surface area (Å²) < 4.78 is 6.70. The first-order valence-electron chi connectivity index (χ1n) is 9.53. The summed E-state index contributed by atoms with van der Waals surface area (Å²) in [5.41, 5.74) is 5.11. The second kappa shape index (κ2) is 9.03. The van der Waals surface area contributed by atoms with Crippen molar-refractivity contribution in [2.24, 2.45) is 0 Å². The van der Waals surface area contributed by atoms with Crippen LogP contribution >= 0.6 is 15.9 Å². The topological polar surface area (TPSA) is 90.2 Å². The summed E-state index contributed by atoms with van der Waals surface area (Å²) in [6.07, 6.45) is -4.08. The molecule has 0 aromatic heterocycles. The van der Waals surface area contributed by atoms with Crippen LogP contribution in [0.25, 0.3) is 0 Å². The van der Waals surface area contributed by atoms with Crippen LogP contribution in [0, 0.1) is 6.92 Å². The van der Waals surface area contributed by atoms with Gasteiger partial charge in [0.2, 0.25) is 0 Å². The van der Waals surface area contributed by atoms with Gasteiger partial charge in [-0.25, -0.2) is 0 Å². The summed E-state index contributed by atoms with van der Waals surface area (Å²) >= 11 is 3.62. The molecule has 1 heterocycles. The minimum atomic E-state index is -1.39. The second-order valence-corrected chi connectivity index (χ2v) is 8.25. The zero-order valence-electron chi connectivity index (χ0n) is 16.0. The molecule has 5 nitrogen and oxygen atoms in total. The van der Waals surface area contributed by atoms with Gasteiger partial charge in [-0.2, -0.15) is 0 Å². The Hall–Kier alpha value is -1.28. The maximum atomic E-state index is 10.5. The fourth-order valence-electron chi connectivity index (χ4n) is 3.65. The molecule has 0 aliphatic carbocycles. The Kier molecular flexibility index (Phi) is 6.91. The number of halogens is 1. The summed E-state index contributed by atoms with van der Waals surface area (Å²) in [6.45, 7) is 3.59. The van der Waals surface area contributed by atoms with E-state index in [2.05, 4.69) is 47.1 Å². The Morgan fingerprint density at radius 3 is 2.21 bits per heavy atom. The number of aryl methyl sites for hydroxylation is 2. The number of rotatable bonds is 5. The van der Waals surface area contributed by atoms with Crippen molar-refractivity contribution in [1.82, 2.24) is 0 Å². The number of ether oxygens (including phenoxy) is 1. The van der Waals surface area contributed by atoms with Crippen LogP contribution in [0.2, 0.25) is 0 Å². The molecule has 3 rings (SSSR count). The van der Waals surface area contributed by atoms with Gasteiger partial charge in [-0.05, 0) is 53.6 Å². The smallest absolute Gasteiger partial charge is 0.113 e. The van der Waals surface area contributed by atoms with Crippen molar-refractivity contribution in [2.75, 3.05) is 6.61 Å².